The second kappa shape index (κ2) is 7.90. The topological polar surface area (TPSA) is 21.3 Å². The van der Waals surface area contributed by atoms with E-state index in [0.29, 0.717) is 0 Å². The molecule has 158 valence electrons. The molecule has 1 fully saturated rings. The lowest BCUT2D eigenvalue weighted by atomic mass is 9.76. The van der Waals surface area contributed by atoms with Crippen LogP contribution in [-0.2, 0) is 10.0 Å². The largest absolute Gasteiger partial charge is 0.403 e. The molecule has 2 nitrogen and oxygen atoms in total. The number of benzene rings is 4. The fraction of sp³-hybridized carbons (Fsp3) is 0.286. The molecule has 1 N–H and O–H groups in total. The lowest BCUT2D eigenvalue weighted by Gasteiger charge is -2.45. The predicted molar refractivity (Wildman–Crippen MR) is 134 cm³/mol. The molecular formula is C28H31NOSi. The second-order valence-corrected chi connectivity index (χ2v) is 14.1. The van der Waals surface area contributed by atoms with Crippen LogP contribution in [0.5, 0.6) is 0 Å². The van der Waals surface area contributed by atoms with Crippen LogP contribution in [0.4, 0.5) is 0 Å². The van der Waals surface area contributed by atoms with Gasteiger partial charge in [0.05, 0.1) is 0 Å². The van der Waals surface area contributed by atoms with E-state index in [-0.39, 0.29) is 6.04 Å². The molecule has 5 rings (SSSR count). The summed E-state index contributed by atoms with van der Waals surface area (Å²) in [6.45, 7) is 7.98. The minimum atomic E-state index is -1.94. The van der Waals surface area contributed by atoms with E-state index in [1.54, 1.807) is 0 Å². The average molecular weight is 426 g/mol. The lowest BCUT2D eigenvalue weighted by Crippen LogP contribution is -2.53. The van der Waals surface area contributed by atoms with Gasteiger partial charge in [-0.1, -0.05) is 84.9 Å². The Morgan fingerprint density at radius 3 is 1.74 bits per heavy atom. The van der Waals surface area contributed by atoms with Crippen LogP contribution in [0, 0.1) is 0 Å². The van der Waals surface area contributed by atoms with Gasteiger partial charge in [0.2, 0.25) is 0 Å². The minimum Gasteiger partial charge on any atom is -0.403 e. The lowest BCUT2D eigenvalue weighted by molar-refractivity contribution is 0.0668. The molecule has 0 amide bonds. The fourth-order valence-corrected chi connectivity index (χ4v) is 6.64. The van der Waals surface area contributed by atoms with Crippen LogP contribution in [0.3, 0.4) is 0 Å². The molecule has 4 aromatic carbocycles. The highest BCUT2D eigenvalue weighted by atomic mass is 28.4. The van der Waals surface area contributed by atoms with Gasteiger partial charge in [-0.25, -0.2) is 0 Å². The van der Waals surface area contributed by atoms with E-state index in [1.807, 2.05) is 0 Å². The van der Waals surface area contributed by atoms with E-state index in [2.05, 4.69) is 110 Å². The van der Waals surface area contributed by atoms with E-state index in [4.69, 9.17) is 4.43 Å². The van der Waals surface area contributed by atoms with E-state index in [1.165, 1.54) is 39.1 Å². The number of hydrogen-bond donors (Lipinski definition) is 1. The summed E-state index contributed by atoms with van der Waals surface area (Å²) >= 11 is 0. The second-order valence-electron chi connectivity index (χ2n) is 9.65. The van der Waals surface area contributed by atoms with Gasteiger partial charge in [0.25, 0.3) is 0 Å². The van der Waals surface area contributed by atoms with E-state index >= 15 is 0 Å². The SMILES string of the molecule is C[Si](C)(C)OC(c1cccc2ccccc12)(c1cccc2ccccc12)[C@H]1CCCN1. The van der Waals surface area contributed by atoms with Crippen LogP contribution in [-0.4, -0.2) is 20.9 Å². The molecule has 1 aliphatic heterocycles. The van der Waals surface area contributed by atoms with Gasteiger partial charge < -0.3 is 9.74 Å². The number of nitrogens with one attached hydrogen (secondary N) is 1. The zero-order chi connectivity index (χ0) is 21.5. The summed E-state index contributed by atoms with van der Waals surface area (Å²) in [4.78, 5) is 0. The highest BCUT2D eigenvalue weighted by Gasteiger charge is 2.48. The van der Waals surface area contributed by atoms with Crippen molar-refractivity contribution in [1.29, 1.82) is 0 Å². The third-order valence-corrected chi connectivity index (χ3v) is 7.33. The first-order valence-electron chi connectivity index (χ1n) is 11.4. The van der Waals surface area contributed by atoms with Gasteiger partial charge in [0.15, 0.2) is 8.32 Å². The Bertz CT molecular complexity index is 1130. The van der Waals surface area contributed by atoms with Crippen molar-refractivity contribution in [2.24, 2.45) is 0 Å². The van der Waals surface area contributed by atoms with Crippen molar-refractivity contribution in [3.05, 3.63) is 96.1 Å². The van der Waals surface area contributed by atoms with Crippen molar-refractivity contribution >= 4 is 29.9 Å². The summed E-state index contributed by atoms with van der Waals surface area (Å²) in [6.07, 6.45) is 2.29. The molecule has 1 saturated heterocycles. The van der Waals surface area contributed by atoms with Crippen LogP contribution in [0.1, 0.15) is 24.0 Å². The van der Waals surface area contributed by atoms with E-state index in [9.17, 15) is 0 Å². The molecule has 0 spiro atoms. The van der Waals surface area contributed by atoms with Crippen LogP contribution in [0.25, 0.3) is 21.5 Å². The summed E-state index contributed by atoms with van der Waals surface area (Å²) in [5.41, 5.74) is 2.02. The number of rotatable bonds is 5. The number of hydrogen-bond acceptors (Lipinski definition) is 2. The van der Waals surface area contributed by atoms with Crippen LogP contribution >= 0.6 is 0 Å². The van der Waals surface area contributed by atoms with Crippen molar-refractivity contribution in [2.75, 3.05) is 6.54 Å². The quantitative estimate of drug-likeness (QED) is 0.353. The van der Waals surface area contributed by atoms with Crippen LogP contribution in [0.2, 0.25) is 19.6 Å². The van der Waals surface area contributed by atoms with Gasteiger partial charge in [-0.2, -0.15) is 0 Å². The zero-order valence-electron chi connectivity index (χ0n) is 18.7. The third kappa shape index (κ3) is 3.61. The molecule has 1 aliphatic rings. The van der Waals surface area contributed by atoms with E-state index < -0.39 is 13.9 Å². The van der Waals surface area contributed by atoms with Gasteiger partial charge in [-0.3, -0.25) is 0 Å². The summed E-state index contributed by atoms with van der Waals surface area (Å²) < 4.78 is 7.37. The third-order valence-electron chi connectivity index (χ3n) is 6.40. The fourth-order valence-electron chi connectivity index (χ4n) is 5.31. The Balaban J connectivity index is 1.91. The zero-order valence-corrected chi connectivity index (χ0v) is 19.7. The maximum Gasteiger partial charge on any atom is 0.185 e. The Labute approximate surface area is 186 Å². The summed E-state index contributed by atoms with van der Waals surface area (Å²) in [5.74, 6) is 0. The first-order chi connectivity index (χ1) is 15.0. The highest BCUT2D eigenvalue weighted by Crippen LogP contribution is 2.47. The maximum atomic E-state index is 7.37. The molecule has 0 radical (unpaired) electrons. The first-order valence-corrected chi connectivity index (χ1v) is 14.8. The average Bonchev–Trinajstić information content (AvgIpc) is 3.32. The van der Waals surface area contributed by atoms with Crippen molar-refractivity contribution in [2.45, 2.75) is 44.1 Å². The van der Waals surface area contributed by atoms with Gasteiger partial charge in [-0.15, -0.1) is 0 Å². The molecule has 1 heterocycles. The van der Waals surface area contributed by atoms with Gasteiger partial charge in [0.1, 0.15) is 5.60 Å². The van der Waals surface area contributed by atoms with Crippen LogP contribution in [0.15, 0.2) is 84.9 Å². The molecule has 3 heteroatoms. The Morgan fingerprint density at radius 1 is 0.742 bits per heavy atom. The number of fused-ring (bicyclic) bond motifs is 2. The Morgan fingerprint density at radius 2 is 1.26 bits per heavy atom. The van der Waals surface area contributed by atoms with Crippen LogP contribution < -0.4 is 5.32 Å². The molecule has 0 aromatic heterocycles. The monoisotopic (exact) mass is 425 g/mol. The Hall–Kier alpha value is -2.46. The molecule has 0 aliphatic carbocycles. The Kier molecular flexibility index (Phi) is 5.21. The highest BCUT2D eigenvalue weighted by molar-refractivity contribution is 6.69. The smallest absolute Gasteiger partial charge is 0.185 e. The molecule has 0 bridgehead atoms. The van der Waals surface area contributed by atoms with Gasteiger partial charge in [0, 0.05) is 6.04 Å². The van der Waals surface area contributed by atoms with Crippen molar-refractivity contribution in [1.82, 2.24) is 5.32 Å². The predicted octanol–water partition coefficient (Wildman–Crippen LogP) is 6.84. The molecule has 4 aromatic rings. The molecule has 1 atom stereocenters. The summed E-state index contributed by atoms with van der Waals surface area (Å²) in [6, 6.07) is 31.1. The minimum absolute atomic E-state index is 0.232. The van der Waals surface area contributed by atoms with Gasteiger partial charge >= 0.3 is 0 Å². The summed E-state index contributed by atoms with van der Waals surface area (Å²) in [7, 11) is -1.94. The van der Waals surface area contributed by atoms with Gasteiger partial charge in [-0.05, 0) is 71.7 Å². The van der Waals surface area contributed by atoms with Crippen molar-refractivity contribution in [3.8, 4) is 0 Å². The van der Waals surface area contributed by atoms with Crippen molar-refractivity contribution in [3.63, 3.8) is 0 Å². The molecule has 0 saturated carbocycles. The maximum absolute atomic E-state index is 7.37. The van der Waals surface area contributed by atoms with Crippen molar-refractivity contribution < 1.29 is 4.43 Å². The normalized spacial score (nSPS) is 17.5. The first kappa shape index (κ1) is 20.4. The molecular weight excluding hydrogens is 394 g/mol. The summed E-state index contributed by atoms with van der Waals surface area (Å²) in [5, 5.41) is 8.94. The molecule has 0 unspecified atom stereocenters. The standard InChI is InChI=1S/C28H31NOSi/c1-31(2,3)30-28(27-19-10-20-29-27,25-17-8-13-21-11-4-6-15-23(21)25)26-18-9-14-22-12-5-7-16-24(22)26/h4-9,11-18,27,29H,10,19-20H2,1-3H3/t27-/m1/s1. The molecule has 31 heavy (non-hydrogen) atoms. The van der Waals surface area contributed by atoms with E-state index in [0.717, 1.165) is 13.0 Å².